The van der Waals surface area contributed by atoms with Crippen molar-refractivity contribution in [1.29, 1.82) is 0 Å². The largest absolute Gasteiger partial charge is 0.487 e. The fraction of sp³-hybridized carbons (Fsp3) is 0.400. The highest BCUT2D eigenvalue weighted by Gasteiger charge is 2.36. The summed E-state index contributed by atoms with van der Waals surface area (Å²) in [6.45, 7) is 7.45. The number of carbonyl (C=O) groups is 1. The zero-order valence-electron chi connectivity index (χ0n) is 24.4. The average Bonchev–Trinajstić information content (AvgIpc) is 3.29. The van der Waals surface area contributed by atoms with Crippen LogP contribution < -0.4 is 10.3 Å². The Bertz CT molecular complexity index is 1810. The summed E-state index contributed by atoms with van der Waals surface area (Å²) in [5, 5.41) is 4.52. The minimum Gasteiger partial charge on any atom is -0.487 e. The first-order valence-corrected chi connectivity index (χ1v) is 14.9. The molecule has 1 aliphatic carbocycles. The van der Waals surface area contributed by atoms with Gasteiger partial charge in [0.2, 0.25) is 11.9 Å². The van der Waals surface area contributed by atoms with Crippen LogP contribution in [0.5, 0.6) is 5.75 Å². The summed E-state index contributed by atoms with van der Waals surface area (Å²) < 4.78 is 49.2. The number of aryl methyl sites for hydroxylation is 2. The van der Waals surface area contributed by atoms with Crippen molar-refractivity contribution in [2.45, 2.75) is 71.8 Å². The summed E-state index contributed by atoms with van der Waals surface area (Å²) in [5.41, 5.74) is 0.615. The summed E-state index contributed by atoms with van der Waals surface area (Å²) in [6, 6.07) is 4.71. The van der Waals surface area contributed by atoms with E-state index in [9.17, 15) is 22.8 Å². The molecule has 14 heteroatoms. The number of hydrogen-bond donors (Lipinski definition) is 0. The van der Waals surface area contributed by atoms with Gasteiger partial charge in [-0.15, -0.1) is 0 Å². The summed E-state index contributed by atoms with van der Waals surface area (Å²) in [4.78, 5) is 42.7. The van der Waals surface area contributed by atoms with Crippen molar-refractivity contribution in [2.75, 3.05) is 0 Å². The van der Waals surface area contributed by atoms with Crippen molar-refractivity contribution in [3.63, 3.8) is 0 Å². The lowest BCUT2D eigenvalue weighted by Gasteiger charge is -2.34. The maximum Gasteiger partial charge on any atom is 0.417 e. The standard InChI is InChI=1S/C30H29BrF3N7O3/c1-15-7-20(8-15)44-21-12-35-28(36-13-21)40-27(43)22-10-17(3)39(14-25(22)37-29(40)41-18(4)9-16(2)38-41)26(42)19-5-6-24(31)23(11-19)30(32,33)34/h5-6,9,11-13,15,17,20H,7-8,10,14H2,1-4H3/t15-,17-,20-/m1/s1. The number of amides is 1. The van der Waals surface area contributed by atoms with E-state index in [0.29, 0.717) is 34.3 Å². The lowest BCUT2D eigenvalue weighted by atomic mass is 9.84. The number of nitrogens with zero attached hydrogens (tertiary/aromatic N) is 7. The quantitative estimate of drug-likeness (QED) is 0.281. The van der Waals surface area contributed by atoms with Crippen LogP contribution in [0.2, 0.25) is 0 Å². The highest BCUT2D eigenvalue weighted by atomic mass is 79.9. The van der Waals surface area contributed by atoms with E-state index in [1.165, 1.54) is 38.7 Å². The number of benzene rings is 1. The number of rotatable bonds is 5. The van der Waals surface area contributed by atoms with Gasteiger partial charge in [-0.2, -0.15) is 18.3 Å². The van der Waals surface area contributed by atoms with Crippen LogP contribution in [-0.2, 0) is 19.1 Å². The molecule has 1 aliphatic heterocycles. The Morgan fingerprint density at radius 1 is 1.09 bits per heavy atom. The Kier molecular flexibility index (Phi) is 7.58. The zero-order valence-corrected chi connectivity index (χ0v) is 26.0. The van der Waals surface area contributed by atoms with Crippen molar-refractivity contribution < 1.29 is 22.7 Å². The lowest BCUT2D eigenvalue weighted by molar-refractivity contribution is -0.138. The highest BCUT2D eigenvalue weighted by molar-refractivity contribution is 9.10. The Morgan fingerprint density at radius 3 is 2.41 bits per heavy atom. The molecule has 1 atom stereocenters. The van der Waals surface area contributed by atoms with E-state index < -0.39 is 29.2 Å². The number of fused-ring (bicyclic) bond motifs is 1. The van der Waals surface area contributed by atoms with Crippen LogP contribution in [0.15, 0.2) is 45.9 Å². The molecule has 2 aliphatic rings. The molecule has 4 aromatic rings. The predicted octanol–water partition coefficient (Wildman–Crippen LogP) is 5.37. The summed E-state index contributed by atoms with van der Waals surface area (Å²) in [5.74, 6) is 0.736. The molecule has 0 unspecified atom stereocenters. The maximum absolute atomic E-state index is 14.1. The minimum atomic E-state index is -4.64. The van der Waals surface area contributed by atoms with Crippen molar-refractivity contribution in [1.82, 2.24) is 34.2 Å². The molecular weight excluding hydrogens is 643 g/mol. The molecule has 4 heterocycles. The fourth-order valence-electron chi connectivity index (χ4n) is 5.72. The number of halogens is 4. The van der Waals surface area contributed by atoms with Crippen LogP contribution in [0.1, 0.15) is 65.3 Å². The van der Waals surface area contributed by atoms with Gasteiger partial charge in [0.1, 0.15) is 0 Å². The van der Waals surface area contributed by atoms with Gasteiger partial charge >= 0.3 is 6.18 Å². The third-order valence-electron chi connectivity index (χ3n) is 8.02. The normalized spacial score (nSPS) is 19.8. The van der Waals surface area contributed by atoms with Crippen LogP contribution in [0.25, 0.3) is 11.9 Å². The van der Waals surface area contributed by atoms with Gasteiger partial charge < -0.3 is 9.64 Å². The second kappa shape index (κ2) is 11.1. The Labute approximate surface area is 259 Å². The molecule has 1 saturated carbocycles. The van der Waals surface area contributed by atoms with Crippen molar-refractivity contribution >= 4 is 21.8 Å². The minimum absolute atomic E-state index is 0.0808. The molecule has 44 heavy (non-hydrogen) atoms. The van der Waals surface area contributed by atoms with E-state index in [2.05, 4.69) is 37.9 Å². The van der Waals surface area contributed by atoms with Gasteiger partial charge in [-0.1, -0.05) is 22.9 Å². The molecule has 230 valence electrons. The molecule has 0 saturated heterocycles. The second-order valence-electron chi connectivity index (χ2n) is 11.5. The number of ether oxygens (including phenoxy) is 1. The Hall–Kier alpha value is -4.07. The zero-order chi connectivity index (χ0) is 31.5. The molecule has 3 aromatic heterocycles. The number of aromatic nitrogens is 6. The van der Waals surface area contributed by atoms with Crippen LogP contribution in [0.4, 0.5) is 13.2 Å². The second-order valence-corrected chi connectivity index (χ2v) is 12.4. The van der Waals surface area contributed by atoms with E-state index >= 15 is 0 Å². The number of alkyl halides is 3. The first kappa shape index (κ1) is 30.0. The predicted molar refractivity (Wildman–Crippen MR) is 157 cm³/mol. The van der Waals surface area contributed by atoms with Crippen LogP contribution in [-0.4, -0.2) is 52.3 Å². The molecule has 0 N–H and O–H groups in total. The molecule has 0 bridgehead atoms. The summed E-state index contributed by atoms with van der Waals surface area (Å²) >= 11 is 2.92. The van der Waals surface area contributed by atoms with E-state index in [-0.39, 0.29) is 41.0 Å². The topological polar surface area (TPSA) is 108 Å². The lowest BCUT2D eigenvalue weighted by Crippen LogP contribution is -2.46. The number of carbonyl (C=O) groups excluding carboxylic acids is 1. The van der Waals surface area contributed by atoms with Gasteiger partial charge in [-0.3, -0.25) is 9.59 Å². The van der Waals surface area contributed by atoms with E-state index in [1.807, 2.05) is 19.9 Å². The molecule has 6 rings (SSSR count). The SMILES string of the molecule is Cc1cc(C)n(-c2nc3c(c(=O)n2-c2ncc(O[C@H]4C[C@H](C)C4)cn2)C[C@@H](C)N(C(=O)c2ccc(Br)c(C(F)(F)F)c2)C3)n1. The average molecular weight is 673 g/mol. The van der Waals surface area contributed by atoms with Gasteiger partial charge in [0, 0.05) is 27.3 Å². The smallest absolute Gasteiger partial charge is 0.417 e. The molecule has 10 nitrogen and oxygen atoms in total. The molecule has 0 radical (unpaired) electrons. The van der Waals surface area contributed by atoms with Crippen molar-refractivity contribution in [2.24, 2.45) is 5.92 Å². The molecule has 1 aromatic carbocycles. The van der Waals surface area contributed by atoms with Gasteiger partial charge in [-0.05, 0) is 70.2 Å². The first-order chi connectivity index (χ1) is 20.8. The summed E-state index contributed by atoms with van der Waals surface area (Å²) in [7, 11) is 0. The van der Waals surface area contributed by atoms with E-state index in [0.717, 1.165) is 18.9 Å². The Morgan fingerprint density at radius 2 is 1.80 bits per heavy atom. The van der Waals surface area contributed by atoms with Crippen LogP contribution in [0.3, 0.4) is 0 Å². The van der Waals surface area contributed by atoms with Gasteiger partial charge in [-0.25, -0.2) is 24.2 Å². The fourth-order valence-corrected chi connectivity index (χ4v) is 6.19. The molecule has 0 spiro atoms. The monoisotopic (exact) mass is 671 g/mol. The third-order valence-corrected chi connectivity index (χ3v) is 8.71. The molecule has 1 fully saturated rings. The molecule has 1 amide bonds. The van der Waals surface area contributed by atoms with Gasteiger partial charge in [0.15, 0.2) is 5.75 Å². The Balaban J connectivity index is 1.39. The molecular formula is C30H29BrF3N7O3. The van der Waals surface area contributed by atoms with Crippen LogP contribution in [0, 0.1) is 19.8 Å². The van der Waals surface area contributed by atoms with Gasteiger partial charge in [0.25, 0.3) is 11.5 Å². The van der Waals surface area contributed by atoms with Crippen LogP contribution >= 0.6 is 15.9 Å². The number of hydrogen-bond acceptors (Lipinski definition) is 7. The van der Waals surface area contributed by atoms with E-state index in [1.54, 1.807) is 6.92 Å². The van der Waals surface area contributed by atoms with E-state index in [4.69, 9.17) is 9.72 Å². The van der Waals surface area contributed by atoms with Crippen molar-refractivity contribution in [3.8, 4) is 17.6 Å². The third kappa shape index (κ3) is 5.51. The summed E-state index contributed by atoms with van der Waals surface area (Å²) in [6.07, 6.45) is 0.578. The van der Waals surface area contributed by atoms with Crippen molar-refractivity contribution in [3.05, 3.63) is 85.3 Å². The highest BCUT2D eigenvalue weighted by Crippen LogP contribution is 2.36. The van der Waals surface area contributed by atoms with Gasteiger partial charge in [0.05, 0.1) is 42.0 Å². The maximum atomic E-state index is 14.1. The first-order valence-electron chi connectivity index (χ1n) is 14.2.